The summed E-state index contributed by atoms with van der Waals surface area (Å²) in [6, 6.07) is 3.51. The minimum atomic E-state index is -0.510. The number of rotatable bonds is 1. The van der Waals surface area contributed by atoms with Gasteiger partial charge in [0.25, 0.3) is 5.69 Å². The summed E-state index contributed by atoms with van der Waals surface area (Å²) in [5.74, 6) is -0.510. The van der Waals surface area contributed by atoms with Gasteiger partial charge in [-0.25, -0.2) is 0 Å². The van der Waals surface area contributed by atoms with Gasteiger partial charge in [0.15, 0.2) is 5.95 Å². The van der Waals surface area contributed by atoms with E-state index in [9.17, 15) is 5.11 Å². The second-order valence-corrected chi connectivity index (χ2v) is 3.03. The summed E-state index contributed by atoms with van der Waals surface area (Å²) >= 11 is 3.05. The Morgan fingerprint density at radius 1 is 1.54 bits per heavy atom. The fourth-order valence-electron chi connectivity index (χ4n) is 0.877. The van der Waals surface area contributed by atoms with Crippen LogP contribution in [0.5, 0.6) is 5.95 Å². The summed E-state index contributed by atoms with van der Waals surface area (Å²) in [6.45, 7) is 0. The smallest absolute Gasteiger partial charge is 0.305 e. The molecule has 0 aliphatic rings. The molecule has 0 unspecified atom stereocenters. The van der Waals surface area contributed by atoms with E-state index in [-0.39, 0.29) is 4.60 Å². The first-order valence-corrected chi connectivity index (χ1v) is 4.23. The first-order valence-electron chi connectivity index (χ1n) is 3.44. The van der Waals surface area contributed by atoms with E-state index in [1.54, 1.807) is 24.5 Å². The zero-order chi connectivity index (χ0) is 9.26. The highest BCUT2D eigenvalue weighted by molar-refractivity contribution is 9.10. The fourth-order valence-corrected chi connectivity index (χ4v) is 1.22. The highest BCUT2D eigenvalue weighted by Crippen LogP contribution is 2.15. The van der Waals surface area contributed by atoms with Crippen LogP contribution in [0.4, 0.5) is 0 Å². The van der Waals surface area contributed by atoms with E-state index in [0.717, 1.165) is 0 Å². The molecule has 0 spiro atoms. The molecular weight excluding hydrogens is 238 g/mol. The number of nitrogens with zero attached hydrogens (tertiary/aromatic N) is 3. The van der Waals surface area contributed by atoms with Gasteiger partial charge in [-0.05, 0) is 10.7 Å². The summed E-state index contributed by atoms with van der Waals surface area (Å²) in [4.78, 5) is 3.89. The van der Waals surface area contributed by atoms with E-state index < -0.39 is 5.95 Å². The van der Waals surface area contributed by atoms with Crippen LogP contribution in [0.25, 0.3) is 5.69 Å². The van der Waals surface area contributed by atoms with E-state index in [1.165, 1.54) is 4.68 Å². The molecule has 0 aromatic carbocycles. The average Bonchev–Trinajstić information content (AvgIpc) is 2.49. The maximum atomic E-state index is 10.9. The first kappa shape index (κ1) is 8.18. The number of pyridine rings is 1. The zero-order valence-corrected chi connectivity index (χ0v) is 7.93. The van der Waals surface area contributed by atoms with Crippen molar-refractivity contribution in [2.24, 2.45) is 0 Å². The highest BCUT2D eigenvalue weighted by atomic mass is 79.9. The molecule has 6 heteroatoms. The van der Waals surface area contributed by atoms with Gasteiger partial charge in [-0.15, -0.1) is 0 Å². The third-order valence-electron chi connectivity index (χ3n) is 1.45. The maximum Gasteiger partial charge on any atom is 0.305 e. The van der Waals surface area contributed by atoms with E-state index in [4.69, 9.17) is 0 Å². The molecule has 0 radical (unpaired) electrons. The van der Waals surface area contributed by atoms with Crippen LogP contribution in [0.2, 0.25) is 0 Å². The quantitative estimate of drug-likeness (QED) is 0.669. The van der Waals surface area contributed by atoms with Crippen LogP contribution in [0.3, 0.4) is 0 Å². The molecule has 0 aliphatic heterocycles. The molecule has 2 heterocycles. The molecule has 0 N–H and O–H groups in total. The van der Waals surface area contributed by atoms with Crippen LogP contribution in [0.1, 0.15) is 0 Å². The van der Waals surface area contributed by atoms with E-state index in [0.29, 0.717) is 5.69 Å². The molecular formula is C7H4BrN3O2. The lowest BCUT2D eigenvalue weighted by Crippen LogP contribution is -2.33. The second kappa shape index (κ2) is 3.14. The molecule has 66 valence electrons. The third kappa shape index (κ3) is 1.40. The lowest BCUT2D eigenvalue weighted by Gasteiger charge is -1.87. The van der Waals surface area contributed by atoms with Crippen molar-refractivity contribution in [2.45, 2.75) is 0 Å². The summed E-state index contributed by atoms with van der Waals surface area (Å²) in [6.07, 6.45) is 3.21. The minimum absolute atomic E-state index is 0.250. The topological polar surface area (TPSA) is 65.9 Å². The molecule has 13 heavy (non-hydrogen) atoms. The molecule has 0 saturated carbocycles. The molecule has 5 nitrogen and oxygen atoms in total. The Balaban J connectivity index is 2.53. The van der Waals surface area contributed by atoms with E-state index in [1.807, 2.05) is 0 Å². The second-order valence-electron chi connectivity index (χ2n) is 2.27. The summed E-state index contributed by atoms with van der Waals surface area (Å²) < 4.78 is 6.01. The molecule has 0 aliphatic carbocycles. The third-order valence-corrected chi connectivity index (χ3v) is 2.11. The van der Waals surface area contributed by atoms with Crippen LogP contribution in [0, 0.1) is 0 Å². The average molecular weight is 242 g/mol. The molecule has 0 fully saturated rings. The van der Waals surface area contributed by atoms with Crippen LogP contribution >= 0.6 is 15.9 Å². The predicted octanol–water partition coefficient (Wildman–Crippen LogP) is 0.182. The minimum Gasteiger partial charge on any atom is -0.538 e. The first-order chi connectivity index (χ1) is 6.29. The van der Waals surface area contributed by atoms with Gasteiger partial charge in [0.2, 0.25) is 0 Å². The number of hydrogen-bond acceptors (Lipinski definition) is 4. The van der Waals surface area contributed by atoms with E-state index in [2.05, 4.69) is 30.7 Å². The van der Waals surface area contributed by atoms with Crippen molar-refractivity contribution >= 4 is 15.9 Å². The Hall–Kier alpha value is -1.43. The Labute approximate surface area is 81.7 Å². The molecule has 2 rings (SSSR count). The van der Waals surface area contributed by atoms with Crippen molar-refractivity contribution < 1.29 is 14.3 Å². The highest BCUT2D eigenvalue weighted by Gasteiger charge is 2.16. The number of hydrogen-bond donors (Lipinski definition) is 0. The summed E-state index contributed by atoms with van der Waals surface area (Å²) in [7, 11) is 0. The largest absolute Gasteiger partial charge is 0.538 e. The fraction of sp³-hybridized carbons (Fsp3) is 0. The molecule has 0 saturated heterocycles. The lowest BCUT2D eigenvalue weighted by atomic mass is 10.4. The van der Waals surface area contributed by atoms with Gasteiger partial charge in [0.05, 0.1) is 5.27 Å². The monoisotopic (exact) mass is 241 g/mol. The van der Waals surface area contributed by atoms with Crippen LogP contribution in [0.15, 0.2) is 33.7 Å². The standard InChI is InChI=1S/C7H4BrN3O2/c8-6-7(12)13-10-11(6)5-2-1-3-9-4-5/h1-4H. The van der Waals surface area contributed by atoms with Crippen LogP contribution in [-0.2, 0) is 0 Å². The normalized spacial score (nSPS) is 10.2. The Morgan fingerprint density at radius 2 is 2.38 bits per heavy atom. The molecule has 0 bridgehead atoms. The van der Waals surface area contributed by atoms with Crippen molar-refractivity contribution in [3.63, 3.8) is 0 Å². The van der Waals surface area contributed by atoms with Gasteiger partial charge in [-0.1, -0.05) is 0 Å². The van der Waals surface area contributed by atoms with Crippen molar-refractivity contribution in [2.75, 3.05) is 0 Å². The van der Waals surface area contributed by atoms with Gasteiger partial charge in [-0.2, -0.15) is 0 Å². The summed E-state index contributed by atoms with van der Waals surface area (Å²) in [5.41, 5.74) is 0.667. The maximum absolute atomic E-state index is 10.9. The Bertz CT molecular complexity index is 415. The molecule has 0 amide bonds. The molecule has 2 aromatic heterocycles. The van der Waals surface area contributed by atoms with Gasteiger partial charge in [-0.3, -0.25) is 4.98 Å². The number of aromatic nitrogens is 3. The Morgan fingerprint density at radius 3 is 2.92 bits per heavy atom. The van der Waals surface area contributed by atoms with Crippen molar-refractivity contribution in [1.82, 2.24) is 10.3 Å². The van der Waals surface area contributed by atoms with E-state index >= 15 is 0 Å². The zero-order valence-electron chi connectivity index (χ0n) is 6.35. The van der Waals surface area contributed by atoms with Gasteiger partial charge < -0.3 is 9.63 Å². The van der Waals surface area contributed by atoms with Crippen LogP contribution < -0.4 is 9.79 Å². The number of halogens is 1. The Kier molecular flexibility index (Phi) is 1.97. The summed E-state index contributed by atoms with van der Waals surface area (Å²) in [5, 5.41) is 14.4. The van der Waals surface area contributed by atoms with Crippen molar-refractivity contribution in [1.29, 1.82) is 0 Å². The SMILES string of the molecule is [O-]c1on[n+](-c2cccnc2)c1Br. The molecule has 0 atom stereocenters. The predicted molar refractivity (Wildman–Crippen MR) is 43.0 cm³/mol. The van der Waals surface area contributed by atoms with Crippen LogP contribution in [-0.4, -0.2) is 10.3 Å². The van der Waals surface area contributed by atoms with Gasteiger partial charge >= 0.3 is 4.60 Å². The van der Waals surface area contributed by atoms with Crippen molar-refractivity contribution in [3.8, 4) is 11.6 Å². The molecule has 2 aromatic rings. The van der Waals surface area contributed by atoms with Crippen molar-refractivity contribution in [3.05, 3.63) is 29.1 Å². The lowest BCUT2D eigenvalue weighted by molar-refractivity contribution is -0.680. The van der Waals surface area contributed by atoms with Gasteiger partial charge in [0, 0.05) is 28.2 Å². The van der Waals surface area contributed by atoms with Gasteiger partial charge in [0.1, 0.15) is 6.20 Å².